The highest BCUT2D eigenvalue weighted by Crippen LogP contribution is 2.17. The molecule has 0 aliphatic carbocycles. The molecule has 3 atom stereocenters. The first-order valence-corrected chi connectivity index (χ1v) is 11.0. The van der Waals surface area contributed by atoms with Crippen molar-refractivity contribution < 1.29 is 17.9 Å². The monoisotopic (exact) mass is 390 g/mol. The van der Waals surface area contributed by atoms with E-state index >= 15 is 0 Å². The minimum atomic E-state index is -3.40. The maximum absolute atomic E-state index is 12.9. The van der Waals surface area contributed by atoms with Gasteiger partial charge in [0.15, 0.2) is 0 Å². The number of piperazine rings is 1. The van der Waals surface area contributed by atoms with Crippen LogP contribution in [0.3, 0.4) is 0 Å². The van der Waals surface area contributed by atoms with Crippen LogP contribution in [0.2, 0.25) is 0 Å². The van der Waals surface area contributed by atoms with E-state index in [2.05, 4.69) is 4.90 Å². The summed E-state index contributed by atoms with van der Waals surface area (Å²) >= 11 is 0. The summed E-state index contributed by atoms with van der Waals surface area (Å²) in [6.45, 7) is 13.8. The van der Waals surface area contributed by atoms with Crippen LogP contribution in [0.4, 0.5) is 0 Å². The van der Waals surface area contributed by atoms with Gasteiger partial charge in [-0.3, -0.25) is 9.69 Å². The Labute approximate surface area is 158 Å². The van der Waals surface area contributed by atoms with Gasteiger partial charge < -0.3 is 9.64 Å². The van der Waals surface area contributed by atoms with Crippen LogP contribution in [0.5, 0.6) is 0 Å². The fourth-order valence-corrected chi connectivity index (χ4v) is 5.42. The molecule has 9 heteroatoms. The number of rotatable bonds is 6. The lowest BCUT2D eigenvalue weighted by Gasteiger charge is -2.41. The Hall–Kier alpha value is -0.740. The van der Waals surface area contributed by atoms with Gasteiger partial charge in [-0.2, -0.15) is 17.0 Å². The van der Waals surface area contributed by atoms with Crippen molar-refractivity contribution in [1.29, 1.82) is 0 Å². The molecule has 152 valence electrons. The van der Waals surface area contributed by atoms with Crippen LogP contribution in [0.1, 0.15) is 34.6 Å². The standard InChI is InChI=1S/C17H34N4O4S/c1-6-20(7-2)26(23,24)21-10-8-18(9-11-21)16(5)17(22)19-12-14(3)25-15(4)13-19/h14-16H,6-13H2,1-5H3. The number of morpholine rings is 1. The zero-order valence-electron chi connectivity index (χ0n) is 16.7. The van der Waals surface area contributed by atoms with E-state index in [0.717, 1.165) is 0 Å². The predicted molar refractivity (Wildman–Crippen MR) is 101 cm³/mol. The SMILES string of the molecule is CCN(CC)S(=O)(=O)N1CCN(C(C)C(=O)N2CC(C)OC(C)C2)CC1. The van der Waals surface area contributed by atoms with Gasteiger partial charge in [-0.1, -0.05) is 13.8 Å². The zero-order chi connectivity index (χ0) is 19.5. The summed E-state index contributed by atoms with van der Waals surface area (Å²) < 4.78 is 34.0. The summed E-state index contributed by atoms with van der Waals surface area (Å²) in [5.41, 5.74) is 0. The molecule has 2 heterocycles. The lowest BCUT2D eigenvalue weighted by atomic mass is 10.1. The molecule has 2 saturated heterocycles. The largest absolute Gasteiger partial charge is 0.372 e. The molecule has 3 unspecified atom stereocenters. The third kappa shape index (κ3) is 4.75. The number of hydrogen-bond donors (Lipinski definition) is 0. The first kappa shape index (κ1) is 21.6. The molecule has 1 amide bonds. The van der Waals surface area contributed by atoms with Crippen molar-refractivity contribution in [2.24, 2.45) is 0 Å². The minimum Gasteiger partial charge on any atom is -0.372 e. The first-order chi connectivity index (χ1) is 12.2. The van der Waals surface area contributed by atoms with Crippen LogP contribution in [0.25, 0.3) is 0 Å². The molecule has 0 aromatic carbocycles. The van der Waals surface area contributed by atoms with E-state index in [0.29, 0.717) is 52.4 Å². The van der Waals surface area contributed by atoms with Gasteiger partial charge in [0.2, 0.25) is 5.91 Å². The highest BCUT2D eigenvalue weighted by atomic mass is 32.2. The molecule has 0 N–H and O–H groups in total. The van der Waals surface area contributed by atoms with Crippen LogP contribution in [0, 0.1) is 0 Å². The second kappa shape index (κ2) is 8.97. The normalized spacial score (nSPS) is 27.7. The molecule has 0 aromatic heterocycles. The molecule has 2 fully saturated rings. The average Bonchev–Trinajstić information content (AvgIpc) is 2.60. The zero-order valence-corrected chi connectivity index (χ0v) is 17.5. The summed E-state index contributed by atoms with van der Waals surface area (Å²) in [7, 11) is -3.40. The molecule has 2 aliphatic rings. The van der Waals surface area contributed by atoms with Gasteiger partial charge in [-0.05, 0) is 20.8 Å². The van der Waals surface area contributed by atoms with Crippen LogP contribution in [-0.2, 0) is 19.7 Å². The molecular weight excluding hydrogens is 356 g/mol. The molecule has 0 spiro atoms. The van der Waals surface area contributed by atoms with Crippen molar-refractivity contribution in [2.75, 3.05) is 52.4 Å². The maximum Gasteiger partial charge on any atom is 0.282 e. The van der Waals surface area contributed by atoms with Crippen molar-refractivity contribution in [3.63, 3.8) is 0 Å². The van der Waals surface area contributed by atoms with Crippen molar-refractivity contribution in [3.05, 3.63) is 0 Å². The van der Waals surface area contributed by atoms with E-state index in [4.69, 9.17) is 4.74 Å². The average molecular weight is 391 g/mol. The third-order valence-electron chi connectivity index (χ3n) is 5.27. The Morgan fingerprint density at radius 2 is 1.58 bits per heavy atom. The van der Waals surface area contributed by atoms with Gasteiger partial charge in [-0.25, -0.2) is 0 Å². The van der Waals surface area contributed by atoms with E-state index in [1.807, 2.05) is 39.5 Å². The number of amides is 1. The summed E-state index contributed by atoms with van der Waals surface area (Å²) in [5.74, 6) is 0.104. The predicted octanol–water partition coefficient (Wildman–Crippen LogP) is 0.215. The first-order valence-electron chi connectivity index (χ1n) is 9.64. The van der Waals surface area contributed by atoms with E-state index < -0.39 is 10.2 Å². The number of ether oxygens (including phenoxy) is 1. The summed E-state index contributed by atoms with van der Waals surface area (Å²) in [6, 6.07) is -0.245. The van der Waals surface area contributed by atoms with Crippen molar-refractivity contribution >= 4 is 16.1 Å². The van der Waals surface area contributed by atoms with Crippen molar-refractivity contribution in [3.8, 4) is 0 Å². The summed E-state index contributed by atoms with van der Waals surface area (Å²) in [6.07, 6.45) is 0.0944. The highest BCUT2D eigenvalue weighted by molar-refractivity contribution is 7.86. The second-order valence-electron chi connectivity index (χ2n) is 7.20. The fourth-order valence-electron chi connectivity index (χ4n) is 3.81. The quantitative estimate of drug-likeness (QED) is 0.648. The molecule has 0 saturated carbocycles. The Morgan fingerprint density at radius 1 is 1.08 bits per heavy atom. The van der Waals surface area contributed by atoms with Crippen molar-refractivity contribution in [1.82, 2.24) is 18.4 Å². The van der Waals surface area contributed by atoms with E-state index in [1.54, 1.807) is 0 Å². The maximum atomic E-state index is 12.9. The van der Waals surface area contributed by atoms with Crippen LogP contribution in [0.15, 0.2) is 0 Å². The number of carbonyl (C=O) groups is 1. The molecule has 2 aliphatic heterocycles. The minimum absolute atomic E-state index is 0.0472. The second-order valence-corrected chi connectivity index (χ2v) is 9.13. The molecule has 8 nitrogen and oxygen atoms in total. The van der Waals surface area contributed by atoms with Crippen molar-refractivity contribution in [2.45, 2.75) is 52.9 Å². The van der Waals surface area contributed by atoms with Crippen LogP contribution in [-0.4, -0.2) is 103 Å². The number of carbonyl (C=O) groups excluding carboxylic acids is 1. The molecular formula is C17H34N4O4S. The van der Waals surface area contributed by atoms with Gasteiger partial charge in [0, 0.05) is 52.4 Å². The summed E-state index contributed by atoms with van der Waals surface area (Å²) in [4.78, 5) is 16.8. The van der Waals surface area contributed by atoms with Crippen LogP contribution >= 0.6 is 0 Å². The van der Waals surface area contributed by atoms with Gasteiger partial charge in [-0.15, -0.1) is 0 Å². The van der Waals surface area contributed by atoms with Gasteiger partial charge in [0.1, 0.15) is 0 Å². The van der Waals surface area contributed by atoms with Gasteiger partial charge in [0.05, 0.1) is 18.2 Å². The van der Waals surface area contributed by atoms with E-state index in [9.17, 15) is 13.2 Å². The topological polar surface area (TPSA) is 73.4 Å². The smallest absolute Gasteiger partial charge is 0.282 e. The summed E-state index contributed by atoms with van der Waals surface area (Å²) in [5, 5.41) is 0. The van der Waals surface area contributed by atoms with Crippen LogP contribution < -0.4 is 0 Å². The lowest BCUT2D eigenvalue weighted by Crippen LogP contribution is -2.59. The molecule has 0 aromatic rings. The molecule has 0 radical (unpaired) electrons. The fraction of sp³-hybridized carbons (Fsp3) is 0.941. The molecule has 2 rings (SSSR count). The lowest BCUT2D eigenvalue weighted by molar-refractivity contribution is -0.148. The Morgan fingerprint density at radius 3 is 2.04 bits per heavy atom. The Kier molecular flexibility index (Phi) is 7.43. The Balaban J connectivity index is 1.93. The molecule has 26 heavy (non-hydrogen) atoms. The number of nitrogens with zero attached hydrogens (tertiary/aromatic N) is 4. The van der Waals surface area contributed by atoms with Gasteiger partial charge in [0.25, 0.3) is 10.2 Å². The Bertz CT molecular complexity index is 563. The van der Waals surface area contributed by atoms with E-state index in [1.165, 1.54) is 8.61 Å². The third-order valence-corrected chi connectivity index (χ3v) is 7.45. The van der Waals surface area contributed by atoms with Gasteiger partial charge >= 0.3 is 0 Å². The number of hydrogen-bond acceptors (Lipinski definition) is 5. The highest BCUT2D eigenvalue weighted by Gasteiger charge is 2.35. The van der Waals surface area contributed by atoms with E-state index in [-0.39, 0.29) is 24.2 Å². The molecule has 0 bridgehead atoms.